The maximum Gasteiger partial charge on any atom is 0.407 e. The van der Waals surface area contributed by atoms with Crippen molar-refractivity contribution in [1.29, 1.82) is 0 Å². The fourth-order valence-corrected chi connectivity index (χ4v) is 2.95. The van der Waals surface area contributed by atoms with Crippen LogP contribution in [0.3, 0.4) is 0 Å². The zero-order valence-corrected chi connectivity index (χ0v) is 19.9. The van der Waals surface area contributed by atoms with Gasteiger partial charge in [0.25, 0.3) is 0 Å². The molecule has 1 rings (SSSR count). The predicted octanol–water partition coefficient (Wildman–Crippen LogP) is 2.99. The molecule has 0 atom stereocenters. The molecule has 0 aromatic rings. The summed E-state index contributed by atoms with van der Waals surface area (Å²) in [6.45, 7) is 6.88. The van der Waals surface area contributed by atoms with E-state index in [1.54, 1.807) is 25.7 Å². The normalized spacial score (nSPS) is 13.0. The standard InChI is InChI=1S/C23H37N3O7/c1-23(2,3)33-22(31)25-14-8-16-26(19(27)11-12-20(28)29)15-7-13-24-21(30)32-17-18-9-5-4-6-10-18/h4-5,9H,6-8,10-17H2,1-3H3,(H,24,30)(H,25,31)(H,28,29). The number of carboxylic acids is 1. The van der Waals surface area contributed by atoms with Crippen molar-refractivity contribution in [2.75, 3.05) is 32.8 Å². The summed E-state index contributed by atoms with van der Waals surface area (Å²) in [7, 11) is 0. The Morgan fingerprint density at radius 1 is 1.03 bits per heavy atom. The summed E-state index contributed by atoms with van der Waals surface area (Å²) in [5, 5.41) is 14.1. The molecule has 0 aliphatic heterocycles. The molecular weight excluding hydrogens is 430 g/mol. The molecule has 1 aliphatic rings. The van der Waals surface area contributed by atoms with Crippen molar-refractivity contribution in [2.45, 2.75) is 64.9 Å². The quantitative estimate of drug-likeness (QED) is 0.355. The highest BCUT2D eigenvalue weighted by molar-refractivity contribution is 5.80. The number of rotatable bonds is 13. The van der Waals surface area contributed by atoms with Gasteiger partial charge >= 0.3 is 18.2 Å². The smallest absolute Gasteiger partial charge is 0.407 e. The predicted molar refractivity (Wildman–Crippen MR) is 123 cm³/mol. The molecule has 0 saturated heterocycles. The van der Waals surface area contributed by atoms with Crippen LogP contribution >= 0.6 is 0 Å². The molecular formula is C23H37N3O7. The Labute approximate surface area is 195 Å². The number of ether oxygens (including phenoxy) is 2. The average Bonchev–Trinajstić information content (AvgIpc) is 2.74. The number of aliphatic carboxylic acids is 1. The molecule has 0 spiro atoms. The number of nitrogens with zero attached hydrogens (tertiary/aromatic N) is 1. The van der Waals surface area contributed by atoms with Gasteiger partial charge in [-0.15, -0.1) is 0 Å². The van der Waals surface area contributed by atoms with E-state index in [1.807, 2.05) is 12.2 Å². The topological polar surface area (TPSA) is 134 Å². The fourth-order valence-electron chi connectivity index (χ4n) is 2.95. The number of amides is 3. The number of nitrogens with one attached hydrogen (secondary N) is 2. The minimum absolute atomic E-state index is 0.103. The van der Waals surface area contributed by atoms with Crippen LogP contribution in [0.2, 0.25) is 0 Å². The molecule has 33 heavy (non-hydrogen) atoms. The first-order valence-electron chi connectivity index (χ1n) is 11.3. The van der Waals surface area contributed by atoms with Crippen LogP contribution < -0.4 is 10.6 Å². The van der Waals surface area contributed by atoms with Gasteiger partial charge in [-0.25, -0.2) is 9.59 Å². The molecule has 0 fully saturated rings. The van der Waals surface area contributed by atoms with Crippen molar-refractivity contribution in [2.24, 2.45) is 0 Å². The lowest BCUT2D eigenvalue weighted by Crippen LogP contribution is -2.38. The first-order valence-corrected chi connectivity index (χ1v) is 11.3. The zero-order valence-electron chi connectivity index (χ0n) is 19.9. The Balaban J connectivity index is 2.36. The number of hydrogen-bond donors (Lipinski definition) is 3. The van der Waals surface area contributed by atoms with Crippen molar-refractivity contribution < 1.29 is 33.8 Å². The van der Waals surface area contributed by atoms with Crippen molar-refractivity contribution in [3.05, 3.63) is 23.8 Å². The van der Waals surface area contributed by atoms with Gasteiger partial charge in [0.1, 0.15) is 12.2 Å². The number of alkyl carbamates (subject to hydrolysis) is 2. The monoisotopic (exact) mass is 467 g/mol. The van der Waals surface area contributed by atoms with Gasteiger partial charge in [0.15, 0.2) is 0 Å². The molecule has 10 nitrogen and oxygen atoms in total. The van der Waals surface area contributed by atoms with Crippen LogP contribution in [0.25, 0.3) is 0 Å². The highest BCUT2D eigenvalue weighted by Gasteiger charge is 2.17. The fraction of sp³-hybridized carbons (Fsp3) is 0.652. The third kappa shape index (κ3) is 14.6. The van der Waals surface area contributed by atoms with E-state index >= 15 is 0 Å². The van der Waals surface area contributed by atoms with Crippen molar-refractivity contribution >= 4 is 24.1 Å². The van der Waals surface area contributed by atoms with Crippen LogP contribution in [0.5, 0.6) is 0 Å². The van der Waals surface area contributed by atoms with Crippen LogP contribution in [0, 0.1) is 0 Å². The lowest BCUT2D eigenvalue weighted by Gasteiger charge is -2.23. The zero-order chi connectivity index (χ0) is 24.7. The Morgan fingerprint density at radius 2 is 1.67 bits per heavy atom. The molecule has 0 aromatic carbocycles. The molecule has 0 saturated carbocycles. The SMILES string of the molecule is CC(C)(C)OC(=O)NCCCN(CCCNC(=O)OCC1=CC=CCC1)C(=O)CCC(=O)O. The third-order valence-electron chi connectivity index (χ3n) is 4.54. The summed E-state index contributed by atoms with van der Waals surface area (Å²) < 4.78 is 10.3. The van der Waals surface area contributed by atoms with E-state index in [9.17, 15) is 19.2 Å². The average molecular weight is 468 g/mol. The summed E-state index contributed by atoms with van der Waals surface area (Å²) in [6, 6.07) is 0. The highest BCUT2D eigenvalue weighted by Crippen LogP contribution is 2.11. The van der Waals surface area contributed by atoms with Crippen molar-refractivity contribution in [1.82, 2.24) is 15.5 Å². The van der Waals surface area contributed by atoms with Crippen molar-refractivity contribution in [3.63, 3.8) is 0 Å². The van der Waals surface area contributed by atoms with E-state index in [0.29, 0.717) is 39.0 Å². The van der Waals surface area contributed by atoms with Crippen LogP contribution in [-0.2, 0) is 19.1 Å². The summed E-state index contributed by atoms with van der Waals surface area (Å²) in [6.07, 6.45) is 7.32. The largest absolute Gasteiger partial charge is 0.481 e. The summed E-state index contributed by atoms with van der Waals surface area (Å²) >= 11 is 0. The lowest BCUT2D eigenvalue weighted by atomic mass is 10.1. The Hall–Kier alpha value is -3.04. The first-order chi connectivity index (χ1) is 15.6. The number of carboxylic acid groups (broad SMARTS) is 1. The summed E-state index contributed by atoms with van der Waals surface area (Å²) in [5.74, 6) is -1.32. The molecule has 1 aliphatic carbocycles. The summed E-state index contributed by atoms with van der Waals surface area (Å²) in [5.41, 5.74) is 0.462. The third-order valence-corrected chi connectivity index (χ3v) is 4.54. The summed E-state index contributed by atoms with van der Waals surface area (Å²) in [4.78, 5) is 48.3. The van der Waals surface area contributed by atoms with Crippen LogP contribution in [0.4, 0.5) is 9.59 Å². The minimum atomic E-state index is -1.04. The second-order valence-corrected chi connectivity index (χ2v) is 8.70. The second-order valence-electron chi connectivity index (χ2n) is 8.70. The number of carbonyl (C=O) groups is 4. The van der Waals surface area contributed by atoms with E-state index in [2.05, 4.69) is 16.7 Å². The van der Waals surface area contributed by atoms with E-state index in [0.717, 1.165) is 18.4 Å². The van der Waals surface area contributed by atoms with Gasteiger partial charge in [-0.2, -0.15) is 0 Å². The van der Waals surface area contributed by atoms with Gasteiger partial charge in [0.2, 0.25) is 5.91 Å². The lowest BCUT2D eigenvalue weighted by molar-refractivity contribution is -0.141. The highest BCUT2D eigenvalue weighted by atomic mass is 16.6. The van der Waals surface area contributed by atoms with Gasteiger partial charge in [-0.05, 0) is 52.0 Å². The molecule has 186 valence electrons. The van der Waals surface area contributed by atoms with Gasteiger partial charge in [-0.1, -0.05) is 18.2 Å². The van der Waals surface area contributed by atoms with E-state index in [4.69, 9.17) is 14.6 Å². The van der Waals surface area contributed by atoms with Crippen LogP contribution in [0.15, 0.2) is 23.8 Å². The molecule has 3 N–H and O–H groups in total. The minimum Gasteiger partial charge on any atom is -0.481 e. The molecule has 0 aromatic heterocycles. The van der Waals surface area contributed by atoms with E-state index in [-0.39, 0.29) is 25.4 Å². The Bertz CT molecular complexity index is 726. The molecule has 0 radical (unpaired) electrons. The molecule has 3 amide bonds. The van der Waals surface area contributed by atoms with Crippen molar-refractivity contribution in [3.8, 4) is 0 Å². The molecule has 0 unspecified atom stereocenters. The van der Waals surface area contributed by atoms with Gasteiger partial charge in [0.05, 0.1) is 6.42 Å². The Kier molecular flexibility index (Phi) is 12.7. The number of hydrogen-bond acceptors (Lipinski definition) is 6. The number of carbonyl (C=O) groups excluding carboxylic acids is 3. The molecule has 0 bridgehead atoms. The van der Waals surface area contributed by atoms with Crippen LogP contribution in [0.1, 0.15) is 59.3 Å². The number of allylic oxidation sites excluding steroid dienone is 3. The Morgan fingerprint density at radius 3 is 2.21 bits per heavy atom. The maximum atomic E-state index is 12.4. The van der Waals surface area contributed by atoms with E-state index < -0.39 is 23.8 Å². The van der Waals surface area contributed by atoms with Gasteiger partial charge in [-0.3, -0.25) is 9.59 Å². The maximum absolute atomic E-state index is 12.4. The first kappa shape index (κ1) is 28.0. The molecule has 10 heteroatoms. The van der Waals surface area contributed by atoms with Crippen LogP contribution in [-0.4, -0.2) is 72.5 Å². The van der Waals surface area contributed by atoms with Gasteiger partial charge in [0, 0.05) is 32.6 Å². The molecule has 0 heterocycles. The van der Waals surface area contributed by atoms with E-state index in [1.165, 1.54) is 0 Å². The van der Waals surface area contributed by atoms with Gasteiger partial charge < -0.3 is 30.1 Å². The second kappa shape index (κ2) is 14.9.